The van der Waals surface area contributed by atoms with Gasteiger partial charge in [0.15, 0.2) is 0 Å². The zero-order valence-corrected chi connectivity index (χ0v) is 28.6. The van der Waals surface area contributed by atoms with E-state index < -0.39 is 52.2 Å². The number of hydrogen-bond donors (Lipinski definition) is 4. The standard InChI is InChI=1S/C19H27F3N2O2.C18H14O8/c1-3-23(12-13-24-11-5-4-6-18(24)25)15(2)14-16-7-9-17(10-8-16)26-19(20,21)22;19-13(11-7-3-1-4-8-11)17(25,15(21)22)18(26,16(23)24)14(20)12-9-5-2-6-10-12/h7-10,15H,3-6,11-14H2,1-2H3;1-10,25-26H,(H,21,22)(H,23,24). The van der Waals surface area contributed by atoms with Crippen LogP contribution in [-0.2, 0) is 20.8 Å². The Labute approximate surface area is 298 Å². The summed E-state index contributed by atoms with van der Waals surface area (Å²) in [5, 5.41) is 39.9. The van der Waals surface area contributed by atoms with Gasteiger partial charge < -0.3 is 30.1 Å². The lowest BCUT2D eigenvalue weighted by Crippen LogP contribution is -2.71. The number of carbonyl (C=O) groups excluding carboxylic acids is 3. The van der Waals surface area contributed by atoms with Gasteiger partial charge in [0.2, 0.25) is 17.5 Å². The Hall–Kier alpha value is -5.12. The van der Waals surface area contributed by atoms with Crippen molar-refractivity contribution in [1.29, 1.82) is 0 Å². The maximum Gasteiger partial charge on any atom is 0.573 e. The third-order valence-corrected chi connectivity index (χ3v) is 8.67. The summed E-state index contributed by atoms with van der Waals surface area (Å²) in [5.74, 6) is -7.99. The molecule has 1 fully saturated rings. The predicted molar refractivity (Wildman–Crippen MR) is 181 cm³/mol. The van der Waals surface area contributed by atoms with Gasteiger partial charge in [0, 0.05) is 43.2 Å². The van der Waals surface area contributed by atoms with Gasteiger partial charge in [-0.05, 0) is 50.4 Å². The van der Waals surface area contributed by atoms with Crippen LogP contribution in [0.1, 0.15) is 59.4 Å². The lowest BCUT2D eigenvalue weighted by atomic mass is 9.73. The number of rotatable bonds is 15. The monoisotopic (exact) mass is 730 g/mol. The molecule has 0 saturated carbocycles. The van der Waals surface area contributed by atoms with Crippen LogP contribution in [-0.4, -0.2) is 109 Å². The average Bonchev–Trinajstić information content (AvgIpc) is 3.12. The van der Waals surface area contributed by atoms with Crippen LogP contribution in [0.2, 0.25) is 0 Å². The number of benzene rings is 3. The predicted octanol–water partition coefficient (Wildman–Crippen LogP) is 4.23. The molecule has 12 nitrogen and oxygen atoms in total. The number of alkyl halides is 3. The number of aliphatic hydroxyl groups is 2. The minimum Gasteiger partial charge on any atom is -0.479 e. The molecule has 1 saturated heterocycles. The van der Waals surface area contributed by atoms with E-state index in [1.165, 1.54) is 48.5 Å². The highest BCUT2D eigenvalue weighted by molar-refractivity contribution is 6.28. The Balaban J connectivity index is 0.000000280. The Morgan fingerprint density at radius 2 is 1.29 bits per heavy atom. The summed E-state index contributed by atoms with van der Waals surface area (Å²) in [6, 6.07) is 19.1. The fourth-order valence-corrected chi connectivity index (χ4v) is 5.76. The summed E-state index contributed by atoms with van der Waals surface area (Å²) in [4.78, 5) is 64.7. The molecular weight excluding hydrogens is 689 g/mol. The van der Waals surface area contributed by atoms with Crippen LogP contribution in [0.4, 0.5) is 13.2 Å². The highest BCUT2D eigenvalue weighted by Crippen LogP contribution is 2.32. The molecule has 1 aliphatic rings. The Kier molecular flexibility index (Phi) is 14.2. The second kappa shape index (κ2) is 17.9. The molecule has 0 spiro atoms. The van der Waals surface area contributed by atoms with Crippen molar-refractivity contribution in [3.05, 3.63) is 102 Å². The van der Waals surface area contributed by atoms with Gasteiger partial charge in [-0.2, -0.15) is 0 Å². The van der Waals surface area contributed by atoms with E-state index in [0.717, 1.165) is 75.3 Å². The zero-order valence-electron chi connectivity index (χ0n) is 28.6. The van der Waals surface area contributed by atoms with E-state index in [0.29, 0.717) is 6.42 Å². The molecule has 1 heterocycles. The summed E-state index contributed by atoms with van der Waals surface area (Å²) in [7, 11) is 0. The lowest BCUT2D eigenvalue weighted by Gasteiger charge is -2.34. The second-order valence-electron chi connectivity index (χ2n) is 12.1. The SMILES string of the molecule is CCN(CCN1CCCCC1=O)C(C)Cc1ccc(OC(F)(F)F)cc1.O=C(O)C(O)(C(=O)c1ccccc1)C(O)(C(=O)O)C(=O)c1ccccc1. The van der Waals surface area contributed by atoms with Gasteiger partial charge in [-0.25, -0.2) is 9.59 Å². The third-order valence-electron chi connectivity index (χ3n) is 8.67. The van der Waals surface area contributed by atoms with Crippen LogP contribution in [0.15, 0.2) is 84.9 Å². The molecule has 280 valence electrons. The van der Waals surface area contributed by atoms with Crippen molar-refractivity contribution in [2.45, 2.75) is 63.1 Å². The third kappa shape index (κ3) is 10.0. The van der Waals surface area contributed by atoms with Crippen LogP contribution in [0, 0.1) is 0 Å². The van der Waals surface area contributed by atoms with E-state index in [2.05, 4.69) is 23.5 Å². The number of piperidine rings is 1. The molecular formula is C37H41F3N2O10. The molecule has 3 aromatic carbocycles. The maximum atomic E-state index is 12.6. The minimum atomic E-state index is -4.67. The lowest BCUT2D eigenvalue weighted by molar-refractivity contribution is -0.274. The van der Waals surface area contributed by atoms with E-state index in [1.807, 2.05) is 4.90 Å². The maximum absolute atomic E-state index is 12.6. The Morgan fingerprint density at radius 3 is 1.69 bits per heavy atom. The largest absolute Gasteiger partial charge is 0.573 e. The number of ether oxygens (including phenoxy) is 1. The van der Waals surface area contributed by atoms with Crippen LogP contribution in [0.25, 0.3) is 0 Å². The van der Waals surface area contributed by atoms with Crippen LogP contribution < -0.4 is 4.74 Å². The van der Waals surface area contributed by atoms with Crippen molar-refractivity contribution in [2.24, 2.45) is 0 Å². The van der Waals surface area contributed by atoms with Gasteiger partial charge in [0.25, 0.3) is 11.2 Å². The molecule has 3 unspecified atom stereocenters. The number of Topliss-reactive ketones (excluding diaryl/α,β-unsaturated/α-hetero) is 2. The first-order chi connectivity index (χ1) is 24.4. The molecule has 4 N–H and O–H groups in total. The summed E-state index contributed by atoms with van der Waals surface area (Å²) in [5.41, 5.74) is -7.73. The van der Waals surface area contributed by atoms with Gasteiger partial charge in [-0.1, -0.05) is 79.7 Å². The molecule has 0 radical (unpaired) electrons. The van der Waals surface area contributed by atoms with Gasteiger partial charge in [0.05, 0.1) is 0 Å². The molecule has 0 bridgehead atoms. The van der Waals surface area contributed by atoms with E-state index in [1.54, 1.807) is 12.1 Å². The van der Waals surface area contributed by atoms with Gasteiger partial charge >= 0.3 is 18.3 Å². The number of ketones is 2. The number of likely N-dealkylation sites (tertiary alicyclic amines) is 1. The number of hydrogen-bond acceptors (Lipinski definition) is 9. The molecule has 0 aromatic heterocycles. The van der Waals surface area contributed by atoms with Crippen LogP contribution in [0.3, 0.4) is 0 Å². The van der Waals surface area contributed by atoms with Crippen LogP contribution >= 0.6 is 0 Å². The highest BCUT2D eigenvalue weighted by Gasteiger charge is 2.69. The smallest absolute Gasteiger partial charge is 0.479 e. The molecule has 52 heavy (non-hydrogen) atoms. The van der Waals surface area contributed by atoms with Crippen molar-refractivity contribution in [1.82, 2.24) is 9.80 Å². The highest BCUT2D eigenvalue weighted by atomic mass is 19.4. The summed E-state index contributed by atoms with van der Waals surface area (Å²) in [6.45, 7) is 7.41. The Morgan fingerprint density at radius 1 is 0.808 bits per heavy atom. The first-order valence-corrected chi connectivity index (χ1v) is 16.4. The first-order valence-electron chi connectivity index (χ1n) is 16.4. The molecule has 3 aromatic rings. The van der Waals surface area contributed by atoms with E-state index in [-0.39, 0.29) is 17.7 Å². The number of likely N-dealkylation sites (N-methyl/N-ethyl adjacent to an activating group) is 1. The number of carboxylic acid groups (broad SMARTS) is 2. The summed E-state index contributed by atoms with van der Waals surface area (Å²) in [6.07, 6.45) is -1.24. The number of nitrogens with zero attached hydrogens (tertiary/aromatic N) is 2. The van der Waals surface area contributed by atoms with Gasteiger partial charge in [0.1, 0.15) is 5.75 Å². The van der Waals surface area contributed by atoms with Crippen molar-refractivity contribution in [3.8, 4) is 5.75 Å². The minimum absolute atomic E-state index is 0.204. The average molecular weight is 731 g/mol. The van der Waals surface area contributed by atoms with Gasteiger partial charge in [-0.15, -0.1) is 13.2 Å². The van der Waals surface area contributed by atoms with Crippen LogP contribution in [0.5, 0.6) is 5.75 Å². The number of amides is 1. The van der Waals surface area contributed by atoms with E-state index >= 15 is 0 Å². The summed E-state index contributed by atoms with van der Waals surface area (Å²) < 4.78 is 40.5. The number of aliphatic carboxylic acids is 2. The van der Waals surface area contributed by atoms with Crippen molar-refractivity contribution in [2.75, 3.05) is 26.2 Å². The quantitative estimate of drug-likeness (QED) is 0.130. The number of carboxylic acids is 2. The second-order valence-corrected chi connectivity index (χ2v) is 12.1. The van der Waals surface area contributed by atoms with E-state index in [9.17, 15) is 57.6 Å². The molecule has 1 amide bonds. The summed E-state index contributed by atoms with van der Waals surface area (Å²) >= 11 is 0. The zero-order chi connectivity index (χ0) is 38.7. The number of halogens is 3. The fourth-order valence-electron chi connectivity index (χ4n) is 5.76. The fraction of sp³-hybridized carbons (Fsp3) is 0.378. The van der Waals surface area contributed by atoms with Crippen molar-refractivity contribution >= 4 is 29.4 Å². The first kappa shape index (κ1) is 41.3. The van der Waals surface area contributed by atoms with Gasteiger partial charge in [-0.3, -0.25) is 19.3 Å². The van der Waals surface area contributed by atoms with E-state index in [4.69, 9.17) is 0 Å². The molecule has 3 atom stereocenters. The molecule has 1 aliphatic heterocycles. The van der Waals surface area contributed by atoms with Crippen molar-refractivity contribution in [3.63, 3.8) is 0 Å². The molecule has 4 rings (SSSR count). The Bertz CT molecular complexity index is 1620. The normalized spacial score (nSPS) is 16.1. The number of carbonyl (C=O) groups is 5. The topological polar surface area (TPSA) is 182 Å². The van der Waals surface area contributed by atoms with Crippen molar-refractivity contribution < 1.29 is 62.3 Å². The molecule has 15 heteroatoms. The molecule has 0 aliphatic carbocycles.